The molecule has 0 bridgehead atoms. The molecule has 2 aromatic rings. The number of rotatable bonds is 2. The molecule has 0 spiro atoms. The van der Waals surface area contributed by atoms with Crippen LogP contribution in [0, 0.1) is 0 Å². The third-order valence-electron chi connectivity index (χ3n) is 3.22. The molecule has 0 saturated carbocycles. The Balaban J connectivity index is 2.05. The highest BCUT2D eigenvalue weighted by atomic mass is 32.2. The van der Waals surface area contributed by atoms with E-state index >= 15 is 0 Å². The molecule has 18 heavy (non-hydrogen) atoms. The Bertz CT molecular complexity index is 539. The van der Waals surface area contributed by atoms with Crippen molar-refractivity contribution in [1.29, 1.82) is 0 Å². The maximum atomic E-state index is 9.25. The van der Waals surface area contributed by atoms with Crippen LogP contribution in [-0.4, -0.2) is 10.9 Å². The number of benzene rings is 2. The number of hydrogen-bond donors (Lipinski definition) is 1. The van der Waals surface area contributed by atoms with E-state index in [9.17, 15) is 5.11 Å². The lowest BCUT2D eigenvalue weighted by molar-refractivity contribution is 0.281. The molecule has 1 aliphatic heterocycles. The Morgan fingerprint density at radius 2 is 2.00 bits per heavy atom. The number of aliphatic hydroxyl groups is 1. The maximum absolute atomic E-state index is 9.25. The van der Waals surface area contributed by atoms with Crippen molar-refractivity contribution in [2.24, 2.45) is 0 Å². The molecule has 0 aliphatic carbocycles. The molecule has 0 unspecified atom stereocenters. The summed E-state index contributed by atoms with van der Waals surface area (Å²) in [5.41, 5.74) is 3.40. The van der Waals surface area contributed by atoms with Gasteiger partial charge in [-0.3, -0.25) is 0 Å². The third-order valence-corrected chi connectivity index (χ3v) is 3.98. The quantitative estimate of drug-likeness (QED) is 0.838. The summed E-state index contributed by atoms with van der Waals surface area (Å²) in [6.45, 7) is 0.0714. The van der Waals surface area contributed by atoms with Crippen LogP contribution < -0.4 is 4.18 Å². The van der Waals surface area contributed by atoms with E-state index in [2.05, 4.69) is 24.3 Å². The van der Waals surface area contributed by atoms with Gasteiger partial charge in [0.25, 0.3) is 0 Å². The minimum Gasteiger partial charge on any atom is -0.425 e. The first-order chi connectivity index (χ1) is 8.88. The van der Waals surface area contributed by atoms with Gasteiger partial charge in [0, 0.05) is 17.2 Å². The molecule has 92 valence electrons. The molecule has 0 amide bonds. The smallest absolute Gasteiger partial charge is 0.141 e. The van der Waals surface area contributed by atoms with Gasteiger partial charge in [-0.15, -0.1) is 0 Å². The first kappa shape index (κ1) is 11.6. The Hall–Kier alpha value is -1.45. The lowest BCUT2D eigenvalue weighted by Gasteiger charge is -2.25. The predicted molar refractivity (Wildman–Crippen MR) is 73.7 cm³/mol. The van der Waals surface area contributed by atoms with Crippen LogP contribution >= 0.6 is 12.0 Å². The van der Waals surface area contributed by atoms with Crippen LogP contribution in [0.4, 0.5) is 0 Å². The molecule has 3 rings (SSSR count). The fourth-order valence-electron chi connectivity index (χ4n) is 2.26. The lowest BCUT2D eigenvalue weighted by Crippen LogP contribution is -2.12. The highest BCUT2D eigenvalue weighted by molar-refractivity contribution is 7.95. The second kappa shape index (κ2) is 5.04. The molecule has 1 aliphatic rings. The monoisotopic (exact) mass is 258 g/mol. The summed E-state index contributed by atoms with van der Waals surface area (Å²) >= 11 is 1.49. The summed E-state index contributed by atoms with van der Waals surface area (Å²) in [6.07, 6.45) is 0. The Morgan fingerprint density at radius 3 is 2.78 bits per heavy atom. The van der Waals surface area contributed by atoms with Crippen LogP contribution in [0.5, 0.6) is 5.75 Å². The van der Waals surface area contributed by atoms with Gasteiger partial charge >= 0.3 is 0 Å². The summed E-state index contributed by atoms with van der Waals surface area (Å²) in [7, 11) is 0. The van der Waals surface area contributed by atoms with Crippen molar-refractivity contribution in [1.82, 2.24) is 0 Å². The van der Waals surface area contributed by atoms with E-state index in [-0.39, 0.29) is 6.61 Å². The van der Waals surface area contributed by atoms with Crippen molar-refractivity contribution >= 4 is 12.0 Å². The molecular weight excluding hydrogens is 244 g/mol. The molecule has 2 aromatic carbocycles. The van der Waals surface area contributed by atoms with E-state index in [1.807, 2.05) is 24.3 Å². The Morgan fingerprint density at radius 1 is 1.17 bits per heavy atom. The van der Waals surface area contributed by atoms with Crippen LogP contribution in [0.3, 0.4) is 0 Å². The van der Waals surface area contributed by atoms with Crippen LogP contribution in [-0.2, 0) is 6.61 Å². The van der Waals surface area contributed by atoms with Gasteiger partial charge in [-0.2, -0.15) is 0 Å². The minimum absolute atomic E-state index is 0.0714. The number of hydrogen-bond acceptors (Lipinski definition) is 3. The Labute approximate surface area is 111 Å². The third kappa shape index (κ3) is 2.11. The molecule has 0 saturated heterocycles. The van der Waals surface area contributed by atoms with Crippen LogP contribution in [0.2, 0.25) is 0 Å². The topological polar surface area (TPSA) is 29.5 Å². The van der Waals surface area contributed by atoms with Crippen molar-refractivity contribution in [3.05, 3.63) is 65.2 Å². The van der Waals surface area contributed by atoms with Gasteiger partial charge in [-0.25, -0.2) is 0 Å². The van der Waals surface area contributed by atoms with Gasteiger partial charge < -0.3 is 9.29 Å². The Kier molecular flexibility index (Phi) is 3.26. The van der Waals surface area contributed by atoms with E-state index in [4.69, 9.17) is 4.18 Å². The van der Waals surface area contributed by atoms with Crippen LogP contribution in [0.15, 0.2) is 48.5 Å². The summed E-state index contributed by atoms with van der Waals surface area (Å²) in [4.78, 5) is 0. The largest absolute Gasteiger partial charge is 0.425 e. The zero-order chi connectivity index (χ0) is 12.4. The van der Waals surface area contributed by atoms with Gasteiger partial charge in [0.1, 0.15) is 5.75 Å². The van der Waals surface area contributed by atoms with Gasteiger partial charge in [0.15, 0.2) is 0 Å². The zero-order valence-corrected chi connectivity index (χ0v) is 10.7. The van der Waals surface area contributed by atoms with Crippen molar-refractivity contribution in [2.45, 2.75) is 12.5 Å². The first-order valence-electron chi connectivity index (χ1n) is 5.96. The maximum Gasteiger partial charge on any atom is 0.141 e. The summed E-state index contributed by atoms with van der Waals surface area (Å²) < 4.78 is 5.61. The number of aliphatic hydroxyl groups excluding tert-OH is 1. The molecular formula is C15H14O2S. The molecule has 0 radical (unpaired) electrons. The molecule has 1 atom stereocenters. The van der Waals surface area contributed by atoms with E-state index < -0.39 is 0 Å². The highest BCUT2D eigenvalue weighted by Crippen LogP contribution is 2.40. The standard InChI is InChI=1S/C15H14O2S/c16-9-11-6-7-15-13(8-11)14(10-18-17-15)12-4-2-1-3-5-12/h1-8,14,16H,9-10H2/t14-/m1/s1. The fraction of sp³-hybridized carbons (Fsp3) is 0.200. The normalized spacial score (nSPS) is 17.9. The highest BCUT2D eigenvalue weighted by Gasteiger charge is 2.24. The second-order valence-electron chi connectivity index (χ2n) is 4.36. The van der Waals surface area contributed by atoms with Crippen molar-refractivity contribution in [2.75, 3.05) is 5.75 Å². The van der Waals surface area contributed by atoms with E-state index in [0.29, 0.717) is 5.92 Å². The fourth-order valence-corrected chi connectivity index (χ4v) is 3.12. The first-order valence-corrected chi connectivity index (χ1v) is 6.87. The van der Waals surface area contributed by atoms with Crippen molar-refractivity contribution in [3.63, 3.8) is 0 Å². The molecule has 0 aromatic heterocycles. The second-order valence-corrected chi connectivity index (χ2v) is 5.10. The average Bonchev–Trinajstić information content (AvgIpc) is 2.47. The van der Waals surface area contributed by atoms with Crippen molar-refractivity contribution in [3.8, 4) is 5.75 Å². The van der Waals surface area contributed by atoms with E-state index in [1.54, 1.807) is 0 Å². The predicted octanol–water partition coefficient (Wildman–Crippen LogP) is 3.35. The van der Waals surface area contributed by atoms with Gasteiger partial charge in [-0.1, -0.05) is 36.4 Å². The lowest BCUT2D eigenvalue weighted by atomic mass is 9.91. The average molecular weight is 258 g/mol. The van der Waals surface area contributed by atoms with E-state index in [1.165, 1.54) is 23.2 Å². The molecule has 1 N–H and O–H groups in total. The van der Waals surface area contributed by atoms with E-state index in [0.717, 1.165) is 17.1 Å². The minimum atomic E-state index is 0.0714. The van der Waals surface area contributed by atoms with Crippen LogP contribution in [0.1, 0.15) is 22.6 Å². The summed E-state index contributed by atoms with van der Waals surface area (Å²) in [6, 6.07) is 16.3. The van der Waals surface area contributed by atoms with Gasteiger partial charge in [-0.05, 0) is 23.3 Å². The summed E-state index contributed by atoms with van der Waals surface area (Å²) in [5, 5.41) is 9.25. The number of fused-ring (bicyclic) bond motifs is 1. The SMILES string of the molecule is OCc1ccc2c(c1)[C@@H](c1ccccc1)CSO2. The molecule has 1 heterocycles. The molecule has 2 nitrogen and oxygen atoms in total. The summed E-state index contributed by atoms with van der Waals surface area (Å²) in [5.74, 6) is 2.16. The van der Waals surface area contributed by atoms with Gasteiger partial charge in [0.05, 0.1) is 18.6 Å². The molecule has 0 fully saturated rings. The van der Waals surface area contributed by atoms with Gasteiger partial charge in [0.2, 0.25) is 0 Å². The van der Waals surface area contributed by atoms with Crippen molar-refractivity contribution < 1.29 is 9.29 Å². The van der Waals surface area contributed by atoms with Crippen LogP contribution in [0.25, 0.3) is 0 Å². The zero-order valence-electron chi connectivity index (χ0n) is 9.87. The molecule has 3 heteroatoms.